The van der Waals surface area contributed by atoms with Crippen molar-refractivity contribution in [1.82, 2.24) is 4.31 Å². The van der Waals surface area contributed by atoms with Crippen molar-refractivity contribution in [3.8, 4) is 0 Å². The van der Waals surface area contributed by atoms with Gasteiger partial charge in [0.2, 0.25) is 10.0 Å². The Morgan fingerprint density at radius 1 is 1.30 bits per heavy atom. The summed E-state index contributed by atoms with van der Waals surface area (Å²) in [5.41, 5.74) is 0. The quantitative estimate of drug-likeness (QED) is 0.812. The van der Waals surface area contributed by atoms with Crippen molar-refractivity contribution in [2.75, 3.05) is 19.8 Å². The molecule has 0 amide bonds. The molecule has 0 aromatic carbocycles. The molecule has 20 heavy (non-hydrogen) atoms. The lowest BCUT2D eigenvalue weighted by molar-refractivity contribution is -0.0790. The van der Waals surface area contributed by atoms with Crippen molar-refractivity contribution in [3.05, 3.63) is 0 Å². The fourth-order valence-electron chi connectivity index (χ4n) is 3.61. The Labute approximate surface area is 120 Å². The van der Waals surface area contributed by atoms with Gasteiger partial charge in [-0.15, -0.1) is 0 Å². The van der Waals surface area contributed by atoms with Crippen LogP contribution in [0.25, 0.3) is 0 Å². The van der Waals surface area contributed by atoms with Crippen LogP contribution in [0.15, 0.2) is 0 Å². The zero-order chi connectivity index (χ0) is 14.3. The largest absolute Gasteiger partial charge is 0.389 e. The summed E-state index contributed by atoms with van der Waals surface area (Å²) in [6.45, 7) is 3.42. The lowest BCUT2D eigenvalue weighted by Crippen LogP contribution is -2.57. The minimum atomic E-state index is -3.42. The second-order valence-corrected chi connectivity index (χ2v) is 8.08. The number of hydrogen-bond donors (Lipinski definition) is 1. The van der Waals surface area contributed by atoms with E-state index in [1.807, 2.05) is 6.92 Å². The van der Waals surface area contributed by atoms with Crippen LogP contribution < -0.4 is 0 Å². The molecule has 4 atom stereocenters. The first-order chi connectivity index (χ1) is 9.55. The number of aliphatic hydroxyl groups excluding tert-OH is 1. The molecule has 0 aromatic rings. The molecule has 0 aliphatic carbocycles. The van der Waals surface area contributed by atoms with E-state index >= 15 is 0 Å². The van der Waals surface area contributed by atoms with E-state index in [9.17, 15) is 13.5 Å². The SMILES string of the molecule is CC[C@@H]1C[C@H]2CO[C@@H]([C@H]1O)N2S(=O)(=O)C1CCOCC1. The molecule has 3 aliphatic rings. The summed E-state index contributed by atoms with van der Waals surface area (Å²) >= 11 is 0. The Morgan fingerprint density at radius 3 is 2.65 bits per heavy atom. The summed E-state index contributed by atoms with van der Waals surface area (Å²) in [5.74, 6) is 0.133. The fraction of sp³-hybridized carbons (Fsp3) is 1.00. The van der Waals surface area contributed by atoms with Gasteiger partial charge in [-0.1, -0.05) is 13.3 Å². The van der Waals surface area contributed by atoms with Crippen molar-refractivity contribution in [3.63, 3.8) is 0 Å². The topological polar surface area (TPSA) is 76.1 Å². The van der Waals surface area contributed by atoms with Crippen LogP contribution in [-0.2, 0) is 19.5 Å². The van der Waals surface area contributed by atoms with Gasteiger partial charge in [0, 0.05) is 13.2 Å². The van der Waals surface area contributed by atoms with Crippen molar-refractivity contribution in [1.29, 1.82) is 0 Å². The third-order valence-corrected chi connectivity index (χ3v) is 7.24. The predicted molar refractivity (Wildman–Crippen MR) is 72.5 cm³/mol. The lowest BCUT2D eigenvalue weighted by Gasteiger charge is -2.41. The minimum absolute atomic E-state index is 0.110. The average Bonchev–Trinajstić information content (AvgIpc) is 2.82. The number of rotatable bonds is 3. The molecule has 3 aliphatic heterocycles. The number of piperidine rings is 1. The molecule has 116 valence electrons. The first-order valence-electron chi connectivity index (χ1n) is 7.45. The third-order valence-electron chi connectivity index (χ3n) is 4.83. The van der Waals surface area contributed by atoms with Gasteiger partial charge in [-0.05, 0) is 25.2 Å². The Kier molecular flexibility index (Phi) is 4.07. The monoisotopic (exact) mass is 305 g/mol. The Morgan fingerprint density at radius 2 is 2.00 bits per heavy atom. The van der Waals surface area contributed by atoms with Gasteiger partial charge >= 0.3 is 0 Å². The highest BCUT2D eigenvalue weighted by atomic mass is 32.2. The first kappa shape index (κ1) is 14.7. The number of hydrogen-bond acceptors (Lipinski definition) is 5. The second kappa shape index (κ2) is 5.53. The molecule has 0 spiro atoms. The van der Waals surface area contributed by atoms with Gasteiger partial charge < -0.3 is 14.6 Å². The third kappa shape index (κ3) is 2.29. The standard InChI is InChI=1S/C13H23NO5S/c1-2-9-7-10-8-19-13(12(9)15)14(10)20(16,17)11-3-5-18-6-4-11/h9-13,15H,2-8H2,1H3/t9-,10+,12+,13+/m1/s1. The molecule has 2 bridgehead atoms. The van der Waals surface area contributed by atoms with Gasteiger partial charge in [0.15, 0.2) is 0 Å². The molecule has 0 aromatic heterocycles. The van der Waals surface area contributed by atoms with Crippen molar-refractivity contribution in [2.24, 2.45) is 5.92 Å². The number of sulfonamides is 1. The molecule has 3 rings (SSSR count). The molecule has 7 heteroatoms. The van der Waals surface area contributed by atoms with Crippen LogP contribution >= 0.6 is 0 Å². The summed E-state index contributed by atoms with van der Waals surface area (Å²) in [6, 6.07) is -0.110. The zero-order valence-electron chi connectivity index (χ0n) is 11.8. The van der Waals surface area contributed by atoms with Crippen LogP contribution in [0, 0.1) is 5.92 Å². The van der Waals surface area contributed by atoms with Gasteiger partial charge in [0.25, 0.3) is 0 Å². The van der Waals surface area contributed by atoms with Crippen molar-refractivity contribution in [2.45, 2.75) is 56.2 Å². The molecule has 0 radical (unpaired) electrons. The smallest absolute Gasteiger partial charge is 0.219 e. The zero-order valence-corrected chi connectivity index (χ0v) is 12.6. The van der Waals surface area contributed by atoms with E-state index in [2.05, 4.69) is 0 Å². The summed E-state index contributed by atoms with van der Waals surface area (Å²) in [7, 11) is -3.42. The summed E-state index contributed by atoms with van der Waals surface area (Å²) < 4.78 is 37.9. The Balaban J connectivity index is 1.83. The van der Waals surface area contributed by atoms with Crippen LogP contribution in [0.3, 0.4) is 0 Å². The fourth-order valence-corrected chi connectivity index (χ4v) is 5.78. The first-order valence-corrected chi connectivity index (χ1v) is 8.95. The lowest BCUT2D eigenvalue weighted by atomic mass is 9.88. The van der Waals surface area contributed by atoms with Crippen LogP contribution in [0.5, 0.6) is 0 Å². The molecular formula is C13H23NO5S. The Hall–Kier alpha value is -0.210. The van der Waals surface area contributed by atoms with Crippen LogP contribution in [-0.4, -0.2) is 61.3 Å². The van der Waals surface area contributed by atoms with Gasteiger partial charge in [-0.2, -0.15) is 4.31 Å². The minimum Gasteiger partial charge on any atom is -0.389 e. The summed E-state index contributed by atoms with van der Waals surface area (Å²) in [5, 5.41) is 9.94. The Bertz CT molecular complexity index is 448. The van der Waals surface area contributed by atoms with Gasteiger partial charge in [0.05, 0.1) is 24.0 Å². The predicted octanol–water partition coefficient (Wildman–Crippen LogP) is 0.313. The molecule has 0 saturated carbocycles. The molecular weight excluding hydrogens is 282 g/mol. The number of aliphatic hydroxyl groups is 1. The number of nitrogens with zero attached hydrogens (tertiary/aromatic N) is 1. The van der Waals surface area contributed by atoms with E-state index in [1.54, 1.807) is 0 Å². The van der Waals surface area contributed by atoms with Crippen LogP contribution in [0.4, 0.5) is 0 Å². The van der Waals surface area contributed by atoms with E-state index in [1.165, 1.54) is 4.31 Å². The number of ether oxygens (including phenoxy) is 2. The highest BCUT2D eigenvalue weighted by molar-refractivity contribution is 7.89. The molecule has 6 nitrogen and oxygen atoms in total. The molecule has 3 heterocycles. The number of fused-ring (bicyclic) bond motifs is 2. The van der Waals surface area contributed by atoms with Crippen LogP contribution in [0.2, 0.25) is 0 Å². The van der Waals surface area contributed by atoms with Crippen LogP contribution in [0.1, 0.15) is 32.6 Å². The molecule has 1 N–H and O–H groups in total. The summed E-state index contributed by atoms with van der Waals surface area (Å²) in [6.07, 6.45) is 1.20. The highest BCUT2D eigenvalue weighted by Gasteiger charge is 2.53. The van der Waals surface area contributed by atoms with E-state index in [-0.39, 0.29) is 12.0 Å². The molecule has 3 saturated heterocycles. The van der Waals surface area contributed by atoms with Gasteiger partial charge in [-0.3, -0.25) is 0 Å². The molecule has 0 unspecified atom stereocenters. The van der Waals surface area contributed by atoms with Gasteiger partial charge in [-0.25, -0.2) is 8.42 Å². The molecule has 3 fully saturated rings. The summed E-state index contributed by atoms with van der Waals surface area (Å²) in [4.78, 5) is 0. The van der Waals surface area contributed by atoms with E-state index in [0.717, 1.165) is 6.42 Å². The normalized spacial score (nSPS) is 40.1. The van der Waals surface area contributed by atoms with E-state index in [0.29, 0.717) is 39.1 Å². The van der Waals surface area contributed by atoms with Gasteiger partial charge in [0.1, 0.15) is 6.23 Å². The van der Waals surface area contributed by atoms with E-state index < -0.39 is 27.6 Å². The maximum atomic E-state index is 12.8. The van der Waals surface area contributed by atoms with Crippen molar-refractivity contribution < 1.29 is 23.0 Å². The average molecular weight is 305 g/mol. The maximum Gasteiger partial charge on any atom is 0.219 e. The van der Waals surface area contributed by atoms with E-state index in [4.69, 9.17) is 9.47 Å². The highest BCUT2D eigenvalue weighted by Crippen LogP contribution is 2.39. The van der Waals surface area contributed by atoms with Crippen molar-refractivity contribution >= 4 is 10.0 Å². The maximum absolute atomic E-state index is 12.8. The second-order valence-electron chi connectivity index (χ2n) is 5.96.